The summed E-state index contributed by atoms with van der Waals surface area (Å²) >= 11 is 0. The molecule has 2 rings (SSSR count). The number of carboxylic acids is 1. The molecule has 10 heteroatoms. The lowest BCUT2D eigenvalue weighted by Gasteiger charge is -2.21. The van der Waals surface area contributed by atoms with Crippen molar-refractivity contribution in [1.29, 1.82) is 0 Å². The van der Waals surface area contributed by atoms with Crippen LogP contribution < -0.4 is 10.7 Å². The molecule has 0 radical (unpaired) electrons. The molecule has 0 atom stereocenters. The van der Waals surface area contributed by atoms with Crippen LogP contribution in [0.2, 0.25) is 0 Å². The number of alkyl halides is 3. The molecular formula is C17H16F3N3O4. The summed E-state index contributed by atoms with van der Waals surface area (Å²) in [5.74, 6) is -2.46. The largest absolute Gasteiger partial charge is 0.480 e. The number of carbonyl (C=O) groups is 2. The van der Waals surface area contributed by atoms with Crippen LogP contribution in [0.4, 0.5) is 13.2 Å². The highest BCUT2D eigenvalue weighted by molar-refractivity contribution is 5.95. The summed E-state index contributed by atoms with van der Waals surface area (Å²) in [7, 11) is 0. The Morgan fingerprint density at radius 2 is 1.78 bits per heavy atom. The van der Waals surface area contributed by atoms with Crippen LogP contribution in [0.15, 0.2) is 35.1 Å². The van der Waals surface area contributed by atoms with Gasteiger partial charge in [-0.25, -0.2) is 9.48 Å². The average molecular weight is 383 g/mol. The van der Waals surface area contributed by atoms with Gasteiger partial charge < -0.3 is 10.4 Å². The summed E-state index contributed by atoms with van der Waals surface area (Å²) in [4.78, 5) is 35.5. The molecule has 1 heterocycles. The first-order valence-electron chi connectivity index (χ1n) is 7.68. The third kappa shape index (κ3) is 4.15. The molecule has 2 N–H and O–H groups in total. The average Bonchev–Trinajstić information content (AvgIpc) is 2.53. The van der Waals surface area contributed by atoms with Gasteiger partial charge in [0, 0.05) is 11.8 Å². The van der Waals surface area contributed by atoms with E-state index in [-0.39, 0.29) is 11.4 Å². The van der Waals surface area contributed by atoms with E-state index in [1.54, 1.807) is 0 Å². The second kappa shape index (κ2) is 6.86. The standard InChI is InChI=1S/C17H16F3N3O4/c1-9-8-12(24)13(14(25)21-16(2,3)15(26)27)22-23(9)11-7-5-4-6-10(11)17(18,19)20/h4-8H,1-3H3,(H,21,25)(H,26,27). The van der Waals surface area contributed by atoms with Crippen LogP contribution in [0.5, 0.6) is 0 Å². The van der Waals surface area contributed by atoms with E-state index in [4.69, 9.17) is 5.11 Å². The first-order valence-corrected chi connectivity index (χ1v) is 7.68. The van der Waals surface area contributed by atoms with Gasteiger partial charge in [0.2, 0.25) is 5.43 Å². The minimum Gasteiger partial charge on any atom is -0.480 e. The summed E-state index contributed by atoms with van der Waals surface area (Å²) in [6, 6.07) is 5.52. The van der Waals surface area contributed by atoms with Crippen molar-refractivity contribution < 1.29 is 27.9 Å². The SMILES string of the molecule is Cc1cc(=O)c(C(=O)NC(C)(C)C(=O)O)nn1-c1ccccc1C(F)(F)F. The highest BCUT2D eigenvalue weighted by atomic mass is 19.4. The van der Waals surface area contributed by atoms with E-state index in [0.717, 1.165) is 22.9 Å². The Bertz CT molecular complexity index is 965. The Morgan fingerprint density at radius 3 is 2.33 bits per heavy atom. The molecule has 27 heavy (non-hydrogen) atoms. The van der Waals surface area contributed by atoms with E-state index < -0.39 is 40.3 Å². The van der Waals surface area contributed by atoms with E-state index in [1.165, 1.54) is 32.9 Å². The van der Waals surface area contributed by atoms with Gasteiger partial charge in [0.05, 0.1) is 11.3 Å². The van der Waals surface area contributed by atoms with Gasteiger partial charge in [-0.3, -0.25) is 9.59 Å². The van der Waals surface area contributed by atoms with Gasteiger partial charge in [0.25, 0.3) is 5.91 Å². The number of hydrogen-bond acceptors (Lipinski definition) is 4. The number of rotatable bonds is 4. The fourth-order valence-corrected chi connectivity index (χ4v) is 2.24. The van der Waals surface area contributed by atoms with Crippen molar-refractivity contribution >= 4 is 11.9 Å². The summed E-state index contributed by atoms with van der Waals surface area (Å²) in [6.45, 7) is 3.75. The van der Waals surface area contributed by atoms with Crippen molar-refractivity contribution in [2.24, 2.45) is 0 Å². The predicted molar refractivity (Wildman–Crippen MR) is 88.8 cm³/mol. The number of para-hydroxylation sites is 1. The number of carboxylic acid groups (broad SMARTS) is 1. The monoisotopic (exact) mass is 383 g/mol. The molecule has 1 aromatic heterocycles. The second-order valence-corrected chi connectivity index (χ2v) is 6.31. The number of halogens is 3. The van der Waals surface area contributed by atoms with Crippen LogP contribution in [0, 0.1) is 6.92 Å². The highest BCUT2D eigenvalue weighted by Crippen LogP contribution is 2.33. The van der Waals surface area contributed by atoms with Gasteiger partial charge in [-0.05, 0) is 32.9 Å². The van der Waals surface area contributed by atoms with E-state index in [2.05, 4.69) is 10.4 Å². The van der Waals surface area contributed by atoms with Crippen molar-refractivity contribution in [2.45, 2.75) is 32.5 Å². The minimum absolute atomic E-state index is 0.0748. The van der Waals surface area contributed by atoms with Crippen LogP contribution in [-0.2, 0) is 11.0 Å². The zero-order valence-corrected chi connectivity index (χ0v) is 14.6. The maximum Gasteiger partial charge on any atom is 0.418 e. The van der Waals surface area contributed by atoms with Gasteiger partial charge in [0.15, 0.2) is 5.69 Å². The van der Waals surface area contributed by atoms with Gasteiger partial charge >= 0.3 is 12.1 Å². The maximum atomic E-state index is 13.3. The van der Waals surface area contributed by atoms with Crippen molar-refractivity contribution in [2.75, 3.05) is 0 Å². The Hall–Kier alpha value is -3.17. The number of aromatic nitrogens is 2. The van der Waals surface area contributed by atoms with Gasteiger partial charge in [-0.1, -0.05) is 12.1 Å². The molecule has 0 aliphatic heterocycles. The zero-order valence-electron chi connectivity index (χ0n) is 14.6. The fourth-order valence-electron chi connectivity index (χ4n) is 2.24. The third-order valence-electron chi connectivity index (χ3n) is 3.72. The van der Waals surface area contributed by atoms with Gasteiger partial charge in [0.1, 0.15) is 5.54 Å². The van der Waals surface area contributed by atoms with Gasteiger partial charge in [-0.15, -0.1) is 0 Å². The molecule has 0 saturated heterocycles. The Morgan fingerprint density at radius 1 is 1.19 bits per heavy atom. The van der Waals surface area contributed by atoms with Crippen molar-refractivity contribution in [1.82, 2.24) is 15.1 Å². The lowest BCUT2D eigenvalue weighted by Crippen LogP contribution is -2.51. The van der Waals surface area contributed by atoms with Crippen LogP contribution in [0.1, 0.15) is 35.6 Å². The molecule has 0 aliphatic rings. The smallest absolute Gasteiger partial charge is 0.418 e. The van der Waals surface area contributed by atoms with Crippen molar-refractivity contribution in [3.8, 4) is 5.69 Å². The first-order chi connectivity index (χ1) is 12.3. The quantitative estimate of drug-likeness (QED) is 0.843. The number of aryl methyl sites for hydroxylation is 1. The van der Waals surface area contributed by atoms with E-state index in [1.807, 2.05) is 0 Å². The molecular weight excluding hydrogens is 367 g/mol. The Balaban J connectivity index is 2.61. The van der Waals surface area contributed by atoms with E-state index in [0.29, 0.717) is 0 Å². The lowest BCUT2D eigenvalue weighted by molar-refractivity contribution is -0.143. The Labute approximate surface area is 151 Å². The first kappa shape index (κ1) is 20.1. The summed E-state index contributed by atoms with van der Waals surface area (Å²) < 4.78 is 40.6. The molecule has 7 nitrogen and oxygen atoms in total. The van der Waals surface area contributed by atoms with Crippen LogP contribution in [0.3, 0.4) is 0 Å². The Kier molecular flexibility index (Phi) is 5.12. The van der Waals surface area contributed by atoms with E-state index in [9.17, 15) is 27.6 Å². The van der Waals surface area contributed by atoms with Crippen molar-refractivity contribution in [3.63, 3.8) is 0 Å². The van der Waals surface area contributed by atoms with E-state index >= 15 is 0 Å². The van der Waals surface area contributed by atoms with Crippen LogP contribution >= 0.6 is 0 Å². The minimum atomic E-state index is -4.68. The molecule has 1 aromatic carbocycles. The van der Waals surface area contributed by atoms with Crippen LogP contribution in [-0.4, -0.2) is 32.3 Å². The summed E-state index contributed by atoms with van der Waals surface area (Å²) in [5.41, 5.74) is -4.55. The fraction of sp³-hybridized carbons (Fsp3) is 0.294. The molecule has 0 fully saturated rings. The molecule has 0 unspecified atom stereocenters. The molecule has 0 bridgehead atoms. The summed E-state index contributed by atoms with van der Waals surface area (Å²) in [6.07, 6.45) is -4.68. The molecule has 144 valence electrons. The van der Waals surface area contributed by atoms with Gasteiger partial charge in [-0.2, -0.15) is 18.3 Å². The summed E-state index contributed by atoms with van der Waals surface area (Å²) in [5, 5.41) is 14.9. The highest BCUT2D eigenvalue weighted by Gasteiger charge is 2.35. The number of hydrogen-bond donors (Lipinski definition) is 2. The zero-order chi connectivity index (χ0) is 20.6. The lowest BCUT2D eigenvalue weighted by atomic mass is 10.1. The molecule has 0 aliphatic carbocycles. The second-order valence-electron chi connectivity index (χ2n) is 6.31. The molecule has 2 aromatic rings. The number of carbonyl (C=O) groups excluding carboxylic acids is 1. The topological polar surface area (TPSA) is 101 Å². The normalized spacial score (nSPS) is 11.9. The number of nitrogens with one attached hydrogen (secondary N) is 1. The number of benzene rings is 1. The van der Waals surface area contributed by atoms with Crippen LogP contribution in [0.25, 0.3) is 5.69 Å². The molecule has 0 spiro atoms. The van der Waals surface area contributed by atoms with Crippen molar-refractivity contribution in [3.05, 3.63) is 57.5 Å². The maximum absolute atomic E-state index is 13.3. The molecule has 1 amide bonds. The predicted octanol–water partition coefficient (Wildman–Crippen LogP) is 2.15. The third-order valence-corrected chi connectivity index (χ3v) is 3.72. The number of aliphatic carboxylic acids is 1. The number of nitrogens with zero attached hydrogens (tertiary/aromatic N) is 2. The number of amides is 1. The molecule has 0 saturated carbocycles.